The first kappa shape index (κ1) is 11.2. The van der Waals surface area contributed by atoms with E-state index in [-0.39, 0.29) is 0 Å². The molecule has 0 radical (unpaired) electrons. The molecule has 1 aromatic rings. The molecular formula is C12H18O2. The smallest absolute Gasteiger partial charge is 0.189 e. The highest BCUT2D eigenvalue weighted by atomic mass is 16.5. The summed E-state index contributed by atoms with van der Waals surface area (Å²) in [5, 5.41) is 19.7. The van der Waals surface area contributed by atoms with Crippen LogP contribution >= 0.6 is 0 Å². The van der Waals surface area contributed by atoms with Crippen molar-refractivity contribution in [3.05, 3.63) is 35.9 Å². The summed E-state index contributed by atoms with van der Waals surface area (Å²) in [6.07, 6.45) is 1.34. The fraction of sp³-hybridized carbons (Fsp3) is 0.500. The van der Waals surface area contributed by atoms with E-state index in [9.17, 15) is 10.2 Å². The predicted octanol–water partition coefficient (Wildman–Crippen LogP) is 2.26. The van der Waals surface area contributed by atoms with E-state index in [0.29, 0.717) is 17.9 Å². The van der Waals surface area contributed by atoms with Crippen LogP contribution in [0.3, 0.4) is 0 Å². The molecule has 0 saturated heterocycles. The molecule has 14 heavy (non-hydrogen) atoms. The van der Waals surface area contributed by atoms with Gasteiger partial charge in [0.2, 0.25) is 0 Å². The molecule has 0 saturated carbocycles. The van der Waals surface area contributed by atoms with Crippen LogP contribution in [0, 0.1) is 5.92 Å². The summed E-state index contributed by atoms with van der Waals surface area (Å²) in [5.41, 5.74) is 0.570. The second kappa shape index (κ2) is 4.58. The van der Waals surface area contributed by atoms with E-state index >= 15 is 0 Å². The fourth-order valence-electron chi connectivity index (χ4n) is 1.45. The molecule has 1 rings (SSSR count). The second-order valence-electron chi connectivity index (χ2n) is 3.90. The molecule has 1 atom stereocenters. The summed E-state index contributed by atoms with van der Waals surface area (Å²) in [4.78, 5) is 0. The molecule has 78 valence electrons. The van der Waals surface area contributed by atoms with Gasteiger partial charge < -0.3 is 10.2 Å². The molecule has 0 aliphatic rings. The Labute approximate surface area is 85.2 Å². The van der Waals surface area contributed by atoms with Crippen molar-refractivity contribution in [2.24, 2.45) is 5.92 Å². The highest BCUT2D eigenvalue weighted by Crippen LogP contribution is 2.26. The minimum Gasteiger partial charge on any atom is -0.362 e. The van der Waals surface area contributed by atoms with E-state index in [4.69, 9.17) is 0 Å². The molecule has 0 bridgehead atoms. The number of rotatable bonds is 4. The molecule has 0 amide bonds. The summed E-state index contributed by atoms with van der Waals surface area (Å²) in [7, 11) is 0. The number of aliphatic hydroxyl groups is 2. The highest BCUT2D eigenvalue weighted by Gasteiger charge is 2.27. The number of benzene rings is 1. The van der Waals surface area contributed by atoms with Crippen LogP contribution in [-0.4, -0.2) is 10.2 Å². The van der Waals surface area contributed by atoms with E-state index in [1.807, 2.05) is 32.0 Å². The van der Waals surface area contributed by atoms with E-state index < -0.39 is 5.79 Å². The van der Waals surface area contributed by atoms with Crippen LogP contribution < -0.4 is 0 Å². The van der Waals surface area contributed by atoms with Gasteiger partial charge in [0.15, 0.2) is 5.79 Å². The Morgan fingerprint density at radius 2 is 1.79 bits per heavy atom. The molecule has 1 unspecified atom stereocenters. The van der Waals surface area contributed by atoms with Crippen LogP contribution in [0.15, 0.2) is 30.3 Å². The third-order valence-electron chi connectivity index (χ3n) is 2.57. The molecule has 0 spiro atoms. The summed E-state index contributed by atoms with van der Waals surface area (Å²) in [6, 6.07) is 8.97. The van der Waals surface area contributed by atoms with Gasteiger partial charge in [0, 0.05) is 12.0 Å². The quantitative estimate of drug-likeness (QED) is 0.722. The van der Waals surface area contributed by atoms with Crippen LogP contribution in [0.5, 0.6) is 0 Å². The van der Waals surface area contributed by atoms with Gasteiger partial charge in [-0.25, -0.2) is 0 Å². The Kier molecular flexibility index (Phi) is 3.67. The predicted molar refractivity (Wildman–Crippen MR) is 56.6 cm³/mol. The van der Waals surface area contributed by atoms with Crippen molar-refractivity contribution in [2.45, 2.75) is 32.5 Å². The Morgan fingerprint density at radius 3 is 2.29 bits per heavy atom. The summed E-state index contributed by atoms with van der Waals surface area (Å²) < 4.78 is 0. The zero-order valence-corrected chi connectivity index (χ0v) is 8.77. The van der Waals surface area contributed by atoms with Crippen LogP contribution in [0.25, 0.3) is 0 Å². The minimum absolute atomic E-state index is 0.310. The zero-order chi connectivity index (χ0) is 10.6. The molecule has 0 aromatic heterocycles. The topological polar surface area (TPSA) is 40.5 Å². The van der Waals surface area contributed by atoms with Crippen molar-refractivity contribution in [1.82, 2.24) is 0 Å². The largest absolute Gasteiger partial charge is 0.362 e. The maximum Gasteiger partial charge on any atom is 0.189 e. The third kappa shape index (κ3) is 2.82. The maximum atomic E-state index is 9.84. The SMILES string of the molecule is CCC(C)CC(O)(O)c1ccccc1. The normalized spacial score (nSPS) is 14.0. The van der Waals surface area contributed by atoms with Gasteiger partial charge in [-0.2, -0.15) is 0 Å². The first-order valence-corrected chi connectivity index (χ1v) is 5.06. The van der Waals surface area contributed by atoms with Crippen LogP contribution in [-0.2, 0) is 5.79 Å². The maximum absolute atomic E-state index is 9.84. The minimum atomic E-state index is -1.68. The lowest BCUT2D eigenvalue weighted by Gasteiger charge is -2.25. The van der Waals surface area contributed by atoms with E-state index in [0.717, 1.165) is 6.42 Å². The lowest BCUT2D eigenvalue weighted by molar-refractivity contribution is -0.182. The molecule has 0 heterocycles. The highest BCUT2D eigenvalue weighted by molar-refractivity contribution is 5.19. The fourth-order valence-corrected chi connectivity index (χ4v) is 1.45. The first-order valence-electron chi connectivity index (χ1n) is 5.06. The Bertz CT molecular complexity index is 267. The van der Waals surface area contributed by atoms with Crippen LogP contribution in [0.4, 0.5) is 0 Å². The van der Waals surface area contributed by atoms with Crippen molar-refractivity contribution >= 4 is 0 Å². The van der Waals surface area contributed by atoms with Crippen molar-refractivity contribution in [3.8, 4) is 0 Å². The monoisotopic (exact) mass is 194 g/mol. The molecule has 2 heteroatoms. The van der Waals surface area contributed by atoms with Gasteiger partial charge in [0.25, 0.3) is 0 Å². The zero-order valence-electron chi connectivity index (χ0n) is 8.77. The molecule has 2 N–H and O–H groups in total. The van der Waals surface area contributed by atoms with E-state index in [1.54, 1.807) is 12.1 Å². The second-order valence-corrected chi connectivity index (χ2v) is 3.90. The van der Waals surface area contributed by atoms with E-state index in [1.165, 1.54) is 0 Å². The molecule has 0 aliphatic heterocycles. The van der Waals surface area contributed by atoms with Crippen molar-refractivity contribution in [3.63, 3.8) is 0 Å². The van der Waals surface area contributed by atoms with Crippen molar-refractivity contribution in [1.29, 1.82) is 0 Å². The number of hydrogen-bond acceptors (Lipinski definition) is 2. The average Bonchev–Trinajstić information content (AvgIpc) is 2.18. The number of hydrogen-bond donors (Lipinski definition) is 2. The lowest BCUT2D eigenvalue weighted by atomic mass is 9.93. The third-order valence-corrected chi connectivity index (χ3v) is 2.57. The molecule has 1 aromatic carbocycles. The Balaban J connectivity index is 2.75. The van der Waals surface area contributed by atoms with Gasteiger partial charge >= 0.3 is 0 Å². The molecule has 2 nitrogen and oxygen atoms in total. The van der Waals surface area contributed by atoms with Crippen LogP contribution in [0.2, 0.25) is 0 Å². The summed E-state index contributed by atoms with van der Waals surface area (Å²) in [6.45, 7) is 4.07. The summed E-state index contributed by atoms with van der Waals surface area (Å²) >= 11 is 0. The molecular weight excluding hydrogens is 176 g/mol. The van der Waals surface area contributed by atoms with Gasteiger partial charge in [0.1, 0.15) is 0 Å². The summed E-state index contributed by atoms with van der Waals surface area (Å²) in [5.74, 6) is -1.37. The van der Waals surface area contributed by atoms with Gasteiger partial charge in [-0.15, -0.1) is 0 Å². The Morgan fingerprint density at radius 1 is 1.21 bits per heavy atom. The van der Waals surface area contributed by atoms with Gasteiger partial charge in [-0.1, -0.05) is 50.6 Å². The molecule has 0 aliphatic carbocycles. The molecule has 0 fully saturated rings. The first-order chi connectivity index (χ1) is 6.56. The van der Waals surface area contributed by atoms with Crippen LogP contribution in [0.1, 0.15) is 32.3 Å². The van der Waals surface area contributed by atoms with Gasteiger partial charge in [0.05, 0.1) is 0 Å². The van der Waals surface area contributed by atoms with Crippen molar-refractivity contribution < 1.29 is 10.2 Å². The van der Waals surface area contributed by atoms with Crippen molar-refractivity contribution in [2.75, 3.05) is 0 Å². The van der Waals surface area contributed by atoms with Gasteiger partial charge in [-0.3, -0.25) is 0 Å². The van der Waals surface area contributed by atoms with Gasteiger partial charge in [-0.05, 0) is 5.92 Å². The average molecular weight is 194 g/mol. The van der Waals surface area contributed by atoms with E-state index in [2.05, 4.69) is 0 Å². The lowest BCUT2D eigenvalue weighted by Crippen LogP contribution is -2.27. The standard InChI is InChI=1S/C12H18O2/c1-3-10(2)9-12(13,14)11-7-5-4-6-8-11/h4-8,10,13-14H,3,9H2,1-2H3. The Hall–Kier alpha value is -0.860.